The van der Waals surface area contributed by atoms with Gasteiger partial charge in [0.15, 0.2) is 11.5 Å². The number of hydrogen-bond acceptors (Lipinski definition) is 8. The fourth-order valence-corrected chi connectivity index (χ4v) is 3.23. The summed E-state index contributed by atoms with van der Waals surface area (Å²) >= 11 is 0. The Balaban J connectivity index is 3.50. The van der Waals surface area contributed by atoms with Crippen molar-refractivity contribution in [3.05, 3.63) is 23.8 Å². The fourth-order valence-electron chi connectivity index (χ4n) is 3.23. The van der Waals surface area contributed by atoms with Crippen molar-refractivity contribution in [2.75, 3.05) is 0 Å². The number of nitrogens with one attached hydrogen (secondary N) is 1. The molecule has 0 spiro atoms. The number of aliphatic carboxylic acids is 1. The maximum atomic E-state index is 12.6. The van der Waals surface area contributed by atoms with Crippen LogP contribution in [0.1, 0.15) is 86.6 Å². The van der Waals surface area contributed by atoms with Crippen LogP contribution in [0.3, 0.4) is 0 Å². The molecule has 0 aliphatic heterocycles. The fraction of sp³-hybridized carbons (Fsp3) is 0.643. The molecule has 0 aromatic heterocycles. The molecule has 0 aliphatic carbocycles. The third-order valence-electron chi connectivity index (χ3n) is 6.21. The van der Waals surface area contributed by atoms with Gasteiger partial charge < -0.3 is 19.3 Å². The van der Waals surface area contributed by atoms with Crippen molar-refractivity contribution in [1.29, 1.82) is 0 Å². The molecule has 0 bridgehead atoms. The molecular formula is C28H43NO8. The molecule has 0 radical (unpaired) electrons. The summed E-state index contributed by atoms with van der Waals surface area (Å²) in [5.74, 6) is -3.71. The van der Waals surface area contributed by atoms with Gasteiger partial charge in [0.2, 0.25) is 0 Å². The maximum absolute atomic E-state index is 12.6. The number of rotatable bonds is 15. The molecule has 0 aliphatic rings. The molecule has 37 heavy (non-hydrogen) atoms. The zero-order chi connectivity index (χ0) is 28.3. The van der Waals surface area contributed by atoms with E-state index in [0.29, 0.717) is 24.8 Å². The maximum Gasteiger partial charge on any atom is 0.364 e. The summed E-state index contributed by atoms with van der Waals surface area (Å²) < 4.78 is 16.6. The molecule has 9 heteroatoms. The Kier molecular flexibility index (Phi) is 12.8. The highest BCUT2D eigenvalue weighted by Crippen LogP contribution is 2.32. The first-order valence-corrected chi connectivity index (χ1v) is 13.1. The van der Waals surface area contributed by atoms with Crippen LogP contribution < -0.4 is 14.8 Å². The van der Waals surface area contributed by atoms with Crippen molar-refractivity contribution >= 4 is 23.9 Å². The predicted octanol–water partition coefficient (Wildman–Crippen LogP) is 4.89. The van der Waals surface area contributed by atoms with E-state index in [1.54, 1.807) is 26.8 Å². The molecule has 1 aromatic rings. The van der Waals surface area contributed by atoms with Crippen molar-refractivity contribution in [2.24, 2.45) is 17.8 Å². The monoisotopic (exact) mass is 521 g/mol. The number of carboxylic acid groups (broad SMARTS) is 1. The summed E-state index contributed by atoms with van der Waals surface area (Å²) in [5.41, 5.74) is -1.64. The van der Waals surface area contributed by atoms with Gasteiger partial charge in [-0.1, -0.05) is 54.5 Å². The first-order valence-electron chi connectivity index (χ1n) is 13.1. The van der Waals surface area contributed by atoms with Crippen LogP contribution in [-0.4, -0.2) is 40.8 Å². The van der Waals surface area contributed by atoms with Gasteiger partial charge in [0.1, 0.15) is 0 Å². The summed E-state index contributed by atoms with van der Waals surface area (Å²) in [6.07, 6.45) is 1.53. The molecule has 4 atom stereocenters. The lowest BCUT2D eigenvalue weighted by molar-refractivity contribution is -0.185. The lowest BCUT2D eigenvalue weighted by atomic mass is 9.99. The quantitative estimate of drug-likeness (QED) is 0.188. The Morgan fingerprint density at radius 2 is 1.41 bits per heavy atom. The number of benzene rings is 1. The topological polar surface area (TPSA) is 128 Å². The molecule has 0 fully saturated rings. The molecule has 1 aromatic carbocycles. The highest BCUT2D eigenvalue weighted by molar-refractivity contribution is 5.82. The molecule has 9 nitrogen and oxygen atoms in total. The van der Waals surface area contributed by atoms with E-state index in [-0.39, 0.29) is 42.2 Å². The van der Waals surface area contributed by atoms with E-state index in [1.807, 2.05) is 34.6 Å². The van der Waals surface area contributed by atoms with Gasteiger partial charge in [-0.25, -0.2) is 4.79 Å². The van der Waals surface area contributed by atoms with Crippen molar-refractivity contribution in [3.8, 4) is 11.5 Å². The normalized spacial score (nSPS) is 15.3. The standard InChI is InChI=1S/C28H43NO8/c1-9-18(6)25(31)35-22-13-12-21(15-23(22)36-26(32)19(7)10-2)16-28(27(33)34,29-20(8)11-3)37-24(30)14-17(4)5/h12-13,15,17-20,29H,9-11,14,16H2,1-8H3,(H,33,34)/t18?,19?,20?,28-/m0/s1. The van der Waals surface area contributed by atoms with Crippen LogP contribution in [0.15, 0.2) is 18.2 Å². The van der Waals surface area contributed by atoms with Crippen LogP contribution in [0, 0.1) is 17.8 Å². The number of ether oxygens (including phenoxy) is 3. The van der Waals surface area contributed by atoms with Crippen LogP contribution in [0.5, 0.6) is 11.5 Å². The average Bonchev–Trinajstić information content (AvgIpc) is 2.83. The number of hydrogen-bond donors (Lipinski definition) is 2. The second kappa shape index (κ2) is 14.7. The SMILES string of the molecule is CCC(C)N[C@@](Cc1ccc(OC(=O)C(C)CC)c(OC(=O)C(C)CC)c1)(OC(=O)CC(C)C)C(=O)O. The minimum atomic E-state index is -2.05. The Labute approximate surface area is 220 Å². The molecule has 0 saturated carbocycles. The number of carbonyl (C=O) groups excluding carboxylic acids is 3. The molecule has 0 saturated heterocycles. The van der Waals surface area contributed by atoms with E-state index in [0.717, 1.165) is 0 Å². The average molecular weight is 522 g/mol. The molecule has 0 heterocycles. The van der Waals surface area contributed by atoms with Gasteiger partial charge in [0.05, 0.1) is 11.8 Å². The Hall–Kier alpha value is -2.94. The first-order chi connectivity index (χ1) is 17.3. The van der Waals surface area contributed by atoms with E-state index in [9.17, 15) is 24.3 Å². The Morgan fingerprint density at radius 1 is 0.865 bits per heavy atom. The smallest absolute Gasteiger partial charge is 0.364 e. The van der Waals surface area contributed by atoms with Gasteiger partial charge in [-0.05, 0) is 49.8 Å². The highest BCUT2D eigenvalue weighted by atomic mass is 16.6. The van der Waals surface area contributed by atoms with Crippen LogP contribution >= 0.6 is 0 Å². The molecule has 1 rings (SSSR count). The zero-order valence-corrected chi connectivity index (χ0v) is 23.4. The summed E-state index contributed by atoms with van der Waals surface area (Å²) in [5, 5.41) is 13.2. The molecule has 2 N–H and O–H groups in total. The summed E-state index contributed by atoms with van der Waals surface area (Å²) in [7, 11) is 0. The van der Waals surface area contributed by atoms with Gasteiger partial charge in [-0.3, -0.25) is 19.7 Å². The number of carboxylic acids is 1. The minimum Gasteiger partial charge on any atom is -0.477 e. The highest BCUT2D eigenvalue weighted by Gasteiger charge is 2.44. The van der Waals surface area contributed by atoms with Crippen LogP contribution in [0.4, 0.5) is 0 Å². The van der Waals surface area contributed by atoms with Crippen LogP contribution in [0.2, 0.25) is 0 Å². The third kappa shape index (κ3) is 9.80. The summed E-state index contributed by atoms with van der Waals surface area (Å²) in [6.45, 7) is 14.5. The first kappa shape index (κ1) is 32.1. The van der Waals surface area contributed by atoms with Crippen LogP contribution in [-0.2, 0) is 30.3 Å². The van der Waals surface area contributed by atoms with Gasteiger partial charge in [-0.15, -0.1) is 0 Å². The Bertz CT molecular complexity index is 944. The zero-order valence-electron chi connectivity index (χ0n) is 23.4. The van der Waals surface area contributed by atoms with E-state index in [1.165, 1.54) is 12.1 Å². The second-order valence-corrected chi connectivity index (χ2v) is 10.1. The Morgan fingerprint density at radius 3 is 1.86 bits per heavy atom. The van der Waals surface area contributed by atoms with E-state index < -0.39 is 35.5 Å². The lowest BCUT2D eigenvalue weighted by Crippen LogP contribution is -2.59. The van der Waals surface area contributed by atoms with Gasteiger partial charge in [0.25, 0.3) is 5.72 Å². The van der Waals surface area contributed by atoms with Crippen molar-refractivity contribution in [1.82, 2.24) is 5.32 Å². The van der Waals surface area contributed by atoms with Gasteiger partial charge in [0, 0.05) is 18.9 Å². The molecular weight excluding hydrogens is 478 g/mol. The summed E-state index contributed by atoms with van der Waals surface area (Å²) in [4.78, 5) is 50.1. The number of esters is 3. The van der Waals surface area contributed by atoms with E-state index in [2.05, 4.69) is 5.32 Å². The lowest BCUT2D eigenvalue weighted by Gasteiger charge is -2.33. The van der Waals surface area contributed by atoms with Gasteiger partial charge >= 0.3 is 23.9 Å². The second-order valence-electron chi connectivity index (χ2n) is 10.1. The molecule has 0 amide bonds. The van der Waals surface area contributed by atoms with Gasteiger partial charge in [-0.2, -0.15) is 0 Å². The molecule has 3 unspecified atom stereocenters. The summed E-state index contributed by atoms with van der Waals surface area (Å²) in [6, 6.07) is 4.19. The largest absolute Gasteiger partial charge is 0.477 e. The van der Waals surface area contributed by atoms with Crippen LogP contribution in [0.25, 0.3) is 0 Å². The van der Waals surface area contributed by atoms with Crippen molar-refractivity contribution in [3.63, 3.8) is 0 Å². The third-order valence-corrected chi connectivity index (χ3v) is 6.21. The predicted molar refractivity (Wildman–Crippen MR) is 139 cm³/mol. The minimum absolute atomic E-state index is 0.00390. The van der Waals surface area contributed by atoms with Crippen molar-refractivity contribution in [2.45, 2.75) is 99.3 Å². The number of carbonyl (C=O) groups is 4. The van der Waals surface area contributed by atoms with E-state index in [4.69, 9.17) is 14.2 Å². The molecule has 208 valence electrons. The van der Waals surface area contributed by atoms with Crippen molar-refractivity contribution < 1.29 is 38.5 Å². The van der Waals surface area contributed by atoms with E-state index >= 15 is 0 Å².